The Balaban J connectivity index is 1.77. The molecule has 0 saturated carbocycles. The Hall–Kier alpha value is 0.450. The molecule has 118 valence electrons. The summed E-state index contributed by atoms with van der Waals surface area (Å²) >= 11 is 7.67. The monoisotopic (exact) mass is 389 g/mol. The molecule has 3 unspecified atom stereocenters. The van der Waals surface area contributed by atoms with Crippen molar-refractivity contribution in [2.24, 2.45) is 5.92 Å². The van der Waals surface area contributed by atoms with Crippen molar-refractivity contribution in [1.82, 2.24) is 5.32 Å². The molecule has 0 bridgehead atoms. The molecule has 0 amide bonds. The maximum absolute atomic E-state index is 6.20. The van der Waals surface area contributed by atoms with Crippen molar-refractivity contribution < 1.29 is 4.74 Å². The number of thioether (sulfide) groups is 1. The van der Waals surface area contributed by atoms with Gasteiger partial charge in [-0.05, 0) is 71.3 Å². The van der Waals surface area contributed by atoms with Gasteiger partial charge in [0, 0.05) is 27.8 Å². The van der Waals surface area contributed by atoms with Crippen molar-refractivity contribution in [1.29, 1.82) is 0 Å². The van der Waals surface area contributed by atoms with Gasteiger partial charge in [0.1, 0.15) is 0 Å². The minimum Gasteiger partial charge on any atom is -0.374 e. The molecule has 5 heteroatoms. The van der Waals surface area contributed by atoms with E-state index < -0.39 is 0 Å². The highest BCUT2D eigenvalue weighted by molar-refractivity contribution is 9.10. The number of rotatable bonds is 5. The lowest BCUT2D eigenvalue weighted by Gasteiger charge is -2.41. The second-order valence-corrected chi connectivity index (χ2v) is 9.06. The molecule has 3 rings (SSSR count). The number of thiophene rings is 1. The van der Waals surface area contributed by atoms with Crippen LogP contribution in [0, 0.1) is 5.92 Å². The quantitative estimate of drug-likeness (QED) is 0.776. The van der Waals surface area contributed by atoms with Gasteiger partial charge in [0.25, 0.3) is 0 Å². The average Bonchev–Trinajstić information content (AvgIpc) is 3.10. The Labute approximate surface area is 144 Å². The SMILES string of the molecule is CCCNC(c1sccc1Br)C1CCOC2(CCSC2)C1. The molecule has 0 aromatic carbocycles. The third-order valence-corrected chi connectivity index (χ3v) is 7.79. The van der Waals surface area contributed by atoms with E-state index in [9.17, 15) is 0 Å². The summed E-state index contributed by atoms with van der Waals surface area (Å²) in [5, 5.41) is 6.00. The van der Waals surface area contributed by atoms with Crippen molar-refractivity contribution >= 4 is 39.0 Å². The van der Waals surface area contributed by atoms with Gasteiger partial charge in [-0.1, -0.05) is 6.92 Å². The van der Waals surface area contributed by atoms with Crippen molar-refractivity contribution in [3.8, 4) is 0 Å². The zero-order valence-corrected chi connectivity index (χ0v) is 15.8. The molecule has 2 nitrogen and oxygen atoms in total. The number of nitrogens with one attached hydrogen (secondary N) is 1. The van der Waals surface area contributed by atoms with Crippen LogP contribution in [0.25, 0.3) is 0 Å². The number of hydrogen-bond acceptors (Lipinski definition) is 4. The average molecular weight is 390 g/mol. The van der Waals surface area contributed by atoms with E-state index in [1.165, 1.54) is 46.5 Å². The second-order valence-electron chi connectivity index (χ2n) is 6.15. The van der Waals surface area contributed by atoms with Gasteiger partial charge in [0.05, 0.1) is 5.60 Å². The Kier molecular flexibility index (Phi) is 5.71. The van der Waals surface area contributed by atoms with E-state index >= 15 is 0 Å². The van der Waals surface area contributed by atoms with Crippen LogP contribution < -0.4 is 5.32 Å². The van der Waals surface area contributed by atoms with Crippen LogP contribution in [0.2, 0.25) is 0 Å². The summed E-state index contributed by atoms with van der Waals surface area (Å²) in [6, 6.07) is 2.66. The predicted octanol–water partition coefficient (Wildman–Crippen LogP) is 4.85. The molecule has 21 heavy (non-hydrogen) atoms. The van der Waals surface area contributed by atoms with Crippen LogP contribution in [0.4, 0.5) is 0 Å². The first-order valence-corrected chi connectivity index (χ1v) is 10.7. The standard InChI is InChI=1S/C16H24BrNOS2/c1-2-6-18-14(15-13(17)4-8-21-15)12-3-7-19-16(10-12)5-9-20-11-16/h4,8,12,14,18H,2-3,5-7,9-11H2,1H3. The largest absolute Gasteiger partial charge is 0.374 e. The van der Waals surface area contributed by atoms with Crippen molar-refractivity contribution in [3.63, 3.8) is 0 Å². The summed E-state index contributed by atoms with van der Waals surface area (Å²) in [6.45, 7) is 4.26. The second kappa shape index (κ2) is 7.35. The summed E-state index contributed by atoms with van der Waals surface area (Å²) in [4.78, 5) is 1.47. The molecule has 1 N–H and O–H groups in total. The molecule has 0 radical (unpaired) electrons. The first-order valence-electron chi connectivity index (χ1n) is 7.92. The highest BCUT2D eigenvalue weighted by Crippen LogP contribution is 2.45. The zero-order valence-electron chi connectivity index (χ0n) is 12.6. The Morgan fingerprint density at radius 2 is 2.48 bits per heavy atom. The van der Waals surface area contributed by atoms with Crippen LogP contribution in [0.1, 0.15) is 43.5 Å². The third kappa shape index (κ3) is 3.69. The first kappa shape index (κ1) is 16.3. The maximum Gasteiger partial charge on any atom is 0.0783 e. The summed E-state index contributed by atoms with van der Waals surface area (Å²) in [6.07, 6.45) is 4.81. The summed E-state index contributed by atoms with van der Waals surface area (Å²) in [7, 11) is 0. The molecule has 3 atom stereocenters. The number of hydrogen-bond donors (Lipinski definition) is 1. The fraction of sp³-hybridized carbons (Fsp3) is 0.750. The zero-order chi connectivity index (χ0) is 14.7. The Bertz CT molecular complexity index is 459. The summed E-state index contributed by atoms with van der Waals surface area (Å²) in [5.41, 5.74) is 0.170. The third-order valence-electron chi connectivity index (χ3n) is 4.61. The Morgan fingerprint density at radius 3 is 3.14 bits per heavy atom. The lowest BCUT2D eigenvalue weighted by molar-refractivity contribution is -0.0852. The van der Waals surface area contributed by atoms with Gasteiger partial charge in [0.15, 0.2) is 0 Å². The number of ether oxygens (including phenoxy) is 1. The van der Waals surface area contributed by atoms with E-state index in [0.29, 0.717) is 12.0 Å². The predicted molar refractivity (Wildman–Crippen MR) is 96.4 cm³/mol. The fourth-order valence-electron chi connectivity index (χ4n) is 3.51. The van der Waals surface area contributed by atoms with Gasteiger partial charge in [-0.2, -0.15) is 11.8 Å². The normalized spacial score (nSPS) is 30.9. The fourth-order valence-corrected chi connectivity index (χ4v) is 6.68. The van der Waals surface area contributed by atoms with Crippen LogP contribution >= 0.6 is 39.0 Å². The highest BCUT2D eigenvalue weighted by atomic mass is 79.9. The summed E-state index contributed by atoms with van der Waals surface area (Å²) in [5.74, 6) is 3.15. The lowest BCUT2D eigenvalue weighted by Crippen LogP contribution is -2.43. The molecule has 2 saturated heterocycles. The summed E-state index contributed by atoms with van der Waals surface area (Å²) < 4.78 is 7.47. The molecule has 2 fully saturated rings. The van der Waals surface area contributed by atoms with Crippen LogP contribution in [0.3, 0.4) is 0 Å². The molecule has 1 spiro atoms. The van der Waals surface area contributed by atoms with Crippen LogP contribution in [-0.2, 0) is 4.74 Å². The van der Waals surface area contributed by atoms with Crippen molar-refractivity contribution in [3.05, 3.63) is 20.8 Å². The van der Waals surface area contributed by atoms with Crippen LogP contribution in [0.15, 0.2) is 15.9 Å². The lowest BCUT2D eigenvalue weighted by atomic mass is 9.80. The van der Waals surface area contributed by atoms with Gasteiger partial charge >= 0.3 is 0 Å². The molecule has 2 aliphatic rings. The topological polar surface area (TPSA) is 21.3 Å². The van der Waals surface area contributed by atoms with Gasteiger partial charge in [-0.15, -0.1) is 11.3 Å². The van der Waals surface area contributed by atoms with E-state index in [4.69, 9.17) is 4.74 Å². The smallest absolute Gasteiger partial charge is 0.0783 e. The van der Waals surface area contributed by atoms with Crippen LogP contribution in [-0.4, -0.2) is 30.3 Å². The van der Waals surface area contributed by atoms with Crippen LogP contribution in [0.5, 0.6) is 0 Å². The Morgan fingerprint density at radius 1 is 1.57 bits per heavy atom. The molecule has 0 aliphatic carbocycles. The van der Waals surface area contributed by atoms with E-state index in [2.05, 4.69) is 51.4 Å². The van der Waals surface area contributed by atoms with E-state index in [-0.39, 0.29) is 5.60 Å². The molecule has 3 heterocycles. The number of halogens is 1. The van der Waals surface area contributed by atoms with Crippen molar-refractivity contribution in [2.75, 3.05) is 24.7 Å². The minimum atomic E-state index is 0.170. The maximum atomic E-state index is 6.20. The van der Waals surface area contributed by atoms with E-state index in [0.717, 1.165) is 13.2 Å². The van der Waals surface area contributed by atoms with E-state index in [1.54, 1.807) is 0 Å². The van der Waals surface area contributed by atoms with Crippen molar-refractivity contribution in [2.45, 2.75) is 44.2 Å². The molecular formula is C16H24BrNOS2. The molecular weight excluding hydrogens is 366 g/mol. The highest BCUT2D eigenvalue weighted by Gasteiger charge is 2.43. The minimum absolute atomic E-state index is 0.170. The van der Waals surface area contributed by atoms with Gasteiger partial charge < -0.3 is 10.1 Å². The van der Waals surface area contributed by atoms with E-state index in [1.807, 2.05) is 11.3 Å². The molecule has 1 aromatic heterocycles. The first-order chi connectivity index (χ1) is 10.2. The van der Waals surface area contributed by atoms with Gasteiger partial charge in [-0.3, -0.25) is 0 Å². The van der Waals surface area contributed by atoms with Gasteiger partial charge in [0.2, 0.25) is 0 Å². The molecule has 1 aromatic rings. The van der Waals surface area contributed by atoms with Gasteiger partial charge in [-0.25, -0.2) is 0 Å². The molecule has 2 aliphatic heterocycles.